The number of hydrogen-bond acceptors (Lipinski definition) is 6. The monoisotopic (exact) mass is 410 g/mol. The lowest BCUT2D eigenvalue weighted by Gasteiger charge is -2.10. The summed E-state index contributed by atoms with van der Waals surface area (Å²) in [7, 11) is 0. The van der Waals surface area contributed by atoms with Crippen molar-refractivity contribution < 1.29 is 29.4 Å². The molecule has 8 nitrogen and oxygen atoms in total. The minimum atomic E-state index is -1.18. The highest BCUT2D eigenvalue weighted by atomic mass is 16.4. The van der Waals surface area contributed by atoms with E-state index < -0.39 is 35.6 Å². The molecule has 0 aliphatic heterocycles. The number of allylic oxidation sites excluding steroid dienone is 2. The van der Waals surface area contributed by atoms with Crippen molar-refractivity contribution in [2.75, 3.05) is 0 Å². The third-order valence-electron chi connectivity index (χ3n) is 4.47. The van der Waals surface area contributed by atoms with Crippen LogP contribution in [-0.4, -0.2) is 45.8 Å². The van der Waals surface area contributed by atoms with Crippen LogP contribution in [0.15, 0.2) is 60.7 Å². The van der Waals surface area contributed by atoms with Crippen LogP contribution in [0.25, 0.3) is 0 Å². The van der Waals surface area contributed by atoms with Crippen molar-refractivity contribution in [3.05, 3.63) is 82.9 Å². The summed E-state index contributed by atoms with van der Waals surface area (Å²) in [5.74, 6) is -3.31. The van der Waals surface area contributed by atoms with Crippen molar-refractivity contribution in [2.45, 2.75) is 24.9 Å². The van der Waals surface area contributed by atoms with Gasteiger partial charge in [0.15, 0.2) is 11.6 Å². The molecule has 2 unspecified atom stereocenters. The Morgan fingerprint density at radius 2 is 1.03 bits per heavy atom. The zero-order valence-electron chi connectivity index (χ0n) is 16.0. The summed E-state index contributed by atoms with van der Waals surface area (Å²) >= 11 is 0. The second-order valence-corrected chi connectivity index (χ2v) is 6.67. The minimum Gasteiger partial charge on any atom is -0.480 e. The summed E-state index contributed by atoms with van der Waals surface area (Å²) in [4.78, 5) is 47.1. The van der Waals surface area contributed by atoms with Crippen molar-refractivity contribution in [1.82, 2.24) is 0 Å². The van der Waals surface area contributed by atoms with Crippen LogP contribution in [0.2, 0.25) is 0 Å². The van der Waals surface area contributed by atoms with Crippen LogP contribution in [0.3, 0.4) is 0 Å². The van der Waals surface area contributed by atoms with Gasteiger partial charge in [-0.3, -0.25) is 19.2 Å². The Labute approximate surface area is 172 Å². The third kappa shape index (κ3) is 5.94. The van der Waals surface area contributed by atoms with Gasteiger partial charge < -0.3 is 21.7 Å². The fraction of sp³-hybridized carbons (Fsp3) is 0.182. The predicted octanol–water partition coefficient (Wildman–Crippen LogP) is 1.22. The zero-order valence-corrected chi connectivity index (χ0v) is 16.0. The van der Waals surface area contributed by atoms with Gasteiger partial charge in [0.1, 0.15) is 12.1 Å². The maximum absolute atomic E-state index is 12.6. The van der Waals surface area contributed by atoms with Gasteiger partial charge in [0.25, 0.3) is 0 Å². The molecule has 0 heterocycles. The van der Waals surface area contributed by atoms with Gasteiger partial charge in [0, 0.05) is 11.1 Å². The summed E-state index contributed by atoms with van der Waals surface area (Å²) in [6.45, 7) is 0. The van der Waals surface area contributed by atoms with Gasteiger partial charge in [0.2, 0.25) is 0 Å². The fourth-order valence-electron chi connectivity index (χ4n) is 2.86. The Hall–Kier alpha value is -3.62. The van der Waals surface area contributed by atoms with E-state index in [0.29, 0.717) is 11.1 Å². The van der Waals surface area contributed by atoms with E-state index in [0.717, 1.165) is 12.2 Å². The van der Waals surface area contributed by atoms with Crippen molar-refractivity contribution in [2.24, 2.45) is 11.5 Å². The molecule has 0 bridgehead atoms. The molecule has 0 aliphatic carbocycles. The highest BCUT2D eigenvalue weighted by Gasteiger charge is 2.18. The number of aliphatic carboxylic acids is 2. The highest BCUT2D eigenvalue weighted by Crippen LogP contribution is 2.15. The van der Waals surface area contributed by atoms with E-state index in [2.05, 4.69) is 0 Å². The van der Waals surface area contributed by atoms with Gasteiger partial charge in [0.05, 0.1) is 0 Å². The van der Waals surface area contributed by atoms with Crippen molar-refractivity contribution in [3.8, 4) is 0 Å². The highest BCUT2D eigenvalue weighted by molar-refractivity contribution is 6.12. The molecule has 0 radical (unpaired) electrons. The molecule has 2 aromatic rings. The maximum Gasteiger partial charge on any atom is 0.320 e. The van der Waals surface area contributed by atoms with E-state index in [1.807, 2.05) is 0 Å². The fourth-order valence-corrected chi connectivity index (χ4v) is 2.86. The van der Waals surface area contributed by atoms with Gasteiger partial charge in [-0.05, 0) is 36.1 Å². The molecule has 0 aliphatic rings. The van der Waals surface area contributed by atoms with Gasteiger partial charge in [-0.15, -0.1) is 0 Å². The second-order valence-electron chi connectivity index (χ2n) is 6.67. The zero-order chi connectivity index (χ0) is 22.3. The third-order valence-corrected chi connectivity index (χ3v) is 4.47. The van der Waals surface area contributed by atoms with Crippen LogP contribution in [0.1, 0.15) is 31.8 Å². The molecule has 2 rings (SSSR count). The topological polar surface area (TPSA) is 161 Å². The molecule has 0 saturated carbocycles. The molecular formula is C22H22N2O6. The molecule has 8 heteroatoms. The summed E-state index contributed by atoms with van der Waals surface area (Å²) < 4.78 is 0. The molecule has 2 atom stereocenters. The Bertz CT molecular complexity index is 919. The number of carbonyl (C=O) groups is 4. The van der Waals surface area contributed by atoms with E-state index in [9.17, 15) is 19.2 Å². The first-order valence-electron chi connectivity index (χ1n) is 9.10. The number of carboxylic acid groups (broad SMARTS) is 2. The van der Waals surface area contributed by atoms with Crippen LogP contribution in [-0.2, 0) is 22.4 Å². The first-order chi connectivity index (χ1) is 14.2. The summed E-state index contributed by atoms with van der Waals surface area (Å²) in [5.41, 5.74) is 12.5. The molecule has 0 aromatic heterocycles. The standard InChI is InChI=1S/C22H22N2O6/c23-17(21(27)28)11-13-5-1-3-7-15(13)19(25)9-10-20(26)16-8-4-2-6-14(16)12-18(24)22(29)30/h1-10,17-18H,11-12,23-24H2,(H,27,28)(H,29,30)/b10-9+. The van der Waals surface area contributed by atoms with Crippen molar-refractivity contribution >= 4 is 23.5 Å². The number of carboxylic acids is 2. The molecule has 0 fully saturated rings. The SMILES string of the molecule is NC(Cc1ccccc1C(=O)/C=C/C(=O)c1ccccc1CC(N)C(=O)O)C(=O)O. The average molecular weight is 410 g/mol. The summed E-state index contributed by atoms with van der Waals surface area (Å²) in [6, 6.07) is 10.5. The lowest BCUT2D eigenvalue weighted by atomic mass is 9.96. The van der Waals surface area contributed by atoms with Crippen LogP contribution in [0.5, 0.6) is 0 Å². The second kappa shape index (κ2) is 10.2. The quantitative estimate of drug-likeness (QED) is 0.336. The number of carbonyl (C=O) groups excluding carboxylic acids is 2. The molecule has 2 aromatic carbocycles. The summed E-state index contributed by atoms with van der Waals surface area (Å²) in [5, 5.41) is 18.0. The maximum atomic E-state index is 12.6. The van der Waals surface area contributed by atoms with Crippen LogP contribution < -0.4 is 11.5 Å². The van der Waals surface area contributed by atoms with Crippen LogP contribution in [0.4, 0.5) is 0 Å². The normalized spacial score (nSPS) is 13.0. The van der Waals surface area contributed by atoms with Crippen molar-refractivity contribution in [1.29, 1.82) is 0 Å². The van der Waals surface area contributed by atoms with Crippen molar-refractivity contribution in [3.63, 3.8) is 0 Å². The van der Waals surface area contributed by atoms with E-state index >= 15 is 0 Å². The van der Waals surface area contributed by atoms with Crippen LogP contribution >= 0.6 is 0 Å². The Morgan fingerprint density at radius 1 is 0.700 bits per heavy atom. The van der Waals surface area contributed by atoms with Gasteiger partial charge in [-0.1, -0.05) is 48.5 Å². The average Bonchev–Trinajstić information content (AvgIpc) is 2.72. The molecule has 0 spiro atoms. The molecule has 6 N–H and O–H groups in total. The molecule has 0 saturated heterocycles. The van der Waals surface area contributed by atoms with E-state index in [1.165, 1.54) is 12.1 Å². The van der Waals surface area contributed by atoms with Gasteiger partial charge >= 0.3 is 11.9 Å². The lowest BCUT2D eigenvalue weighted by molar-refractivity contribution is -0.139. The van der Waals surface area contributed by atoms with Crippen LogP contribution in [0, 0.1) is 0 Å². The van der Waals surface area contributed by atoms with Gasteiger partial charge in [-0.2, -0.15) is 0 Å². The summed E-state index contributed by atoms with van der Waals surface area (Å²) in [6.07, 6.45) is 2.13. The largest absolute Gasteiger partial charge is 0.480 e. The number of nitrogens with two attached hydrogens (primary N) is 2. The number of rotatable bonds is 10. The van der Waals surface area contributed by atoms with Gasteiger partial charge in [-0.25, -0.2) is 0 Å². The molecule has 0 amide bonds. The number of ketones is 2. The first-order valence-corrected chi connectivity index (χ1v) is 9.10. The number of hydrogen-bond donors (Lipinski definition) is 4. The van der Waals surface area contributed by atoms with E-state index in [4.69, 9.17) is 21.7 Å². The molecule has 30 heavy (non-hydrogen) atoms. The van der Waals surface area contributed by atoms with E-state index in [-0.39, 0.29) is 24.0 Å². The number of benzene rings is 2. The predicted molar refractivity (Wildman–Crippen MR) is 109 cm³/mol. The Kier molecular flexibility index (Phi) is 7.74. The first kappa shape index (κ1) is 22.7. The smallest absolute Gasteiger partial charge is 0.320 e. The molecule has 156 valence electrons. The molecular weight excluding hydrogens is 388 g/mol. The minimum absolute atomic E-state index is 0.0328. The Balaban J connectivity index is 2.21. The van der Waals surface area contributed by atoms with E-state index in [1.54, 1.807) is 36.4 Å². The lowest BCUT2D eigenvalue weighted by Crippen LogP contribution is -2.32. The Morgan fingerprint density at radius 3 is 1.37 bits per heavy atom.